The monoisotopic (exact) mass is 361 g/mol. The fraction of sp³-hybridized carbons (Fsp3) is 0.600. The Morgan fingerprint density at radius 1 is 1.27 bits per heavy atom. The number of likely N-dealkylation sites (tertiary alicyclic amines) is 1. The largest absolute Gasteiger partial charge is 0.497 e. The number of hydrogen-bond acceptors (Lipinski definition) is 4. The van der Waals surface area contributed by atoms with Gasteiger partial charge in [0.1, 0.15) is 5.75 Å². The number of carbonyl (C=O) groups is 2. The molecule has 144 valence electrons. The van der Waals surface area contributed by atoms with Gasteiger partial charge in [-0.1, -0.05) is 20.8 Å². The number of nitrogens with one attached hydrogen (secondary N) is 1. The van der Waals surface area contributed by atoms with E-state index in [1.807, 2.05) is 57.0 Å². The van der Waals surface area contributed by atoms with E-state index in [0.717, 1.165) is 37.4 Å². The van der Waals surface area contributed by atoms with Gasteiger partial charge < -0.3 is 15.0 Å². The second-order valence-corrected chi connectivity index (χ2v) is 7.97. The van der Waals surface area contributed by atoms with Crippen LogP contribution < -0.4 is 10.1 Å². The lowest BCUT2D eigenvalue weighted by molar-refractivity contribution is -0.141. The highest BCUT2D eigenvalue weighted by Gasteiger charge is 2.32. The summed E-state index contributed by atoms with van der Waals surface area (Å²) in [6.45, 7) is 7.76. The molecule has 0 aromatic heterocycles. The lowest BCUT2D eigenvalue weighted by atomic mass is 9.93. The molecule has 0 aliphatic carbocycles. The third-order valence-electron chi connectivity index (χ3n) is 4.73. The summed E-state index contributed by atoms with van der Waals surface area (Å²) in [5, 5.41) is 2.91. The summed E-state index contributed by atoms with van der Waals surface area (Å²) in [5.74, 6) is 0.862. The Bertz CT molecular complexity index is 622. The van der Waals surface area contributed by atoms with E-state index in [1.54, 1.807) is 7.11 Å². The Balaban J connectivity index is 1.88. The number of carbonyl (C=O) groups excluding carboxylic acids is 2. The number of ether oxygens (including phenoxy) is 1. The molecule has 6 nitrogen and oxygen atoms in total. The summed E-state index contributed by atoms with van der Waals surface area (Å²) < 4.78 is 5.12. The second-order valence-electron chi connectivity index (χ2n) is 7.97. The summed E-state index contributed by atoms with van der Waals surface area (Å²) in [6, 6.07) is 7.44. The predicted octanol–water partition coefficient (Wildman–Crippen LogP) is 2.60. The standard InChI is InChI=1S/C20H31N3O3/c1-20(2,3)19(25)22(4)16-7-6-12-23(13-16)14-18(24)21-15-8-10-17(26-5)11-9-15/h8-11,16H,6-7,12-14H2,1-5H3,(H,21,24). The van der Waals surface area contributed by atoms with Gasteiger partial charge in [0.05, 0.1) is 13.7 Å². The van der Waals surface area contributed by atoms with E-state index in [2.05, 4.69) is 10.2 Å². The Labute approximate surface area is 156 Å². The quantitative estimate of drug-likeness (QED) is 0.876. The molecule has 2 amide bonds. The average Bonchev–Trinajstić information content (AvgIpc) is 2.60. The highest BCUT2D eigenvalue weighted by Crippen LogP contribution is 2.22. The van der Waals surface area contributed by atoms with Crippen LogP contribution in [0.4, 0.5) is 5.69 Å². The van der Waals surface area contributed by atoms with Crippen LogP contribution in [0.5, 0.6) is 5.75 Å². The number of benzene rings is 1. The number of nitrogens with zero attached hydrogens (tertiary/aromatic N) is 2. The number of piperidine rings is 1. The molecule has 6 heteroatoms. The topological polar surface area (TPSA) is 61.9 Å². The molecule has 2 rings (SSSR count). The van der Waals surface area contributed by atoms with Crippen molar-refractivity contribution >= 4 is 17.5 Å². The van der Waals surface area contributed by atoms with Gasteiger partial charge in [0.15, 0.2) is 0 Å². The van der Waals surface area contributed by atoms with Crippen molar-refractivity contribution in [1.82, 2.24) is 9.80 Å². The average molecular weight is 361 g/mol. The van der Waals surface area contributed by atoms with Crippen LogP contribution in [-0.2, 0) is 9.59 Å². The van der Waals surface area contributed by atoms with Gasteiger partial charge in [0.2, 0.25) is 11.8 Å². The van der Waals surface area contributed by atoms with E-state index in [0.29, 0.717) is 6.54 Å². The van der Waals surface area contributed by atoms with Crippen LogP contribution in [0.2, 0.25) is 0 Å². The molecule has 26 heavy (non-hydrogen) atoms. The smallest absolute Gasteiger partial charge is 0.238 e. The Hall–Kier alpha value is -2.08. The normalized spacial score (nSPS) is 18.3. The van der Waals surface area contributed by atoms with Crippen molar-refractivity contribution < 1.29 is 14.3 Å². The maximum atomic E-state index is 12.5. The SMILES string of the molecule is COc1ccc(NC(=O)CN2CCCC(N(C)C(=O)C(C)(C)C)C2)cc1. The molecule has 1 aliphatic rings. The molecule has 0 radical (unpaired) electrons. The van der Waals surface area contributed by atoms with Crippen molar-refractivity contribution in [2.45, 2.75) is 39.7 Å². The van der Waals surface area contributed by atoms with Crippen molar-refractivity contribution in [3.8, 4) is 5.75 Å². The van der Waals surface area contributed by atoms with Gasteiger partial charge in [-0.15, -0.1) is 0 Å². The van der Waals surface area contributed by atoms with Gasteiger partial charge in [-0.25, -0.2) is 0 Å². The van der Waals surface area contributed by atoms with Gasteiger partial charge in [0.25, 0.3) is 0 Å². The molecule has 1 N–H and O–H groups in total. The van der Waals surface area contributed by atoms with Crippen LogP contribution in [0.3, 0.4) is 0 Å². The Morgan fingerprint density at radius 2 is 1.92 bits per heavy atom. The third kappa shape index (κ3) is 5.46. The molecule has 1 aliphatic heterocycles. The molecule has 1 aromatic rings. The maximum Gasteiger partial charge on any atom is 0.238 e. The van der Waals surface area contributed by atoms with Crippen molar-refractivity contribution in [2.24, 2.45) is 5.41 Å². The minimum atomic E-state index is -0.386. The van der Waals surface area contributed by atoms with Gasteiger partial charge in [-0.3, -0.25) is 14.5 Å². The number of rotatable bonds is 5. The number of anilines is 1. The molecule has 0 spiro atoms. The predicted molar refractivity (Wildman–Crippen MR) is 103 cm³/mol. The highest BCUT2D eigenvalue weighted by molar-refractivity contribution is 5.92. The highest BCUT2D eigenvalue weighted by atomic mass is 16.5. The van der Waals surface area contributed by atoms with Crippen LogP contribution in [0.15, 0.2) is 24.3 Å². The first-order valence-electron chi connectivity index (χ1n) is 9.14. The molecule has 1 aromatic carbocycles. The lowest BCUT2D eigenvalue weighted by Gasteiger charge is -2.39. The summed E-state index contributed by atoms with van der Waals surface area (Å²) in [6.07, 6.45) is 1.97. The lowest BCUT2D eigenvalue weighted by Crippen LogP contribution is -2.52. The van der Waals surface area contributed by atoms with E-state index in [9.17, 15) is 9.59 Å². The molecule has 1 atom stereocenters. The van der Waals surface area contributed by atoms with Crippen molar-refractivity contribution in [1.29, 1.82) is 0 Å². The molecular formula is C20H31N3O3. The van der Waals surface area contributed by atoms with Gasteiger partial charge in [0, 0.05) is 30.7 Å². The molecule has 0 saturated carbocycles. The first-order valence-corrected chi connectivity index (χ1v) is 9.14. The number of likely N-dealkylation sites (N-methyl/N-ethyl adjacent to an activating group) is 1. The summed E-state index contributed by atoms with van der Waals surface area (Å²) in [5.41, 5.74) is 0.368. The van der Waals surface area contributed by atoms with Crippen LogP contribution in [0, 0.1) is 5.41 Å². The van der Waals surface area contributed by atoms with E-state index in [1.165, 1.54) is 0 Å². The maximum absolute atomic E-state index is 12.5. The molecule has 0 bridgehead atoms. The summed E-state index contributed by atoms with van der Waals surface area (Å²) in [7, 11) is 3.49. The zero-order valence-corrected chi connectivity index (χ0v) is 16.5. The molecule has 1 unspecified atom stereocenters. The second kappa shape index (κ2) is 8.54. The van der Waals surface area contributed by atoms with Gasteiger partial charge in [-0.05, 0) is 43.7 Å². The van der Waals surface area contributed by atoms with E-state index in [-0.39, 0.29) is 23.3 Å². The first-order chi connectivity index (χ1) is 12.2. The summed E-state index contributed by atoms with van der Waals surface area (Å²) in [4.78, 5) is 28.8. The van der Waals surface area contributed by atoms with Gasteiger partial charge >= 0.3 is 0 Å². The van der Waals surface area contributed by atoms with Crippen molar-refractivity contribution in [3.63, 3.8) is 0 Å². The third-order valence-corrected chi connectivity index (χ3v) is 4.73. The number of amides is 2. The minimum Gasteiger partial charge on any atom is -0.497 e. The van der Waals surface area contributed by atoms with E-state index in [4.69, 9.17) is 4.74 Å². The van der Waals surface area contributed by atoms with Gasteiger partial charge in [-0.2, -0.15) is 0 Å². The first kappa shape index (κ1) is 20.2. The Morgan fingerprint density at radius 3 is 2.50 bits per heavy atom. The van der Waals surface area contributed by atoms with Crippen LogP contribution in [0.25, 0.3) is 0 Å². The Kier molecular flexibility index (Phi) is 6.64. The van der Waals surface area contributed by atoms with Crippen LogP contribution in [0.1, 0.15) is 33.6 Å². The number of hydrogen-bond donors (Lipinski definition) is 1. The van der Waals surface area contributed by atoms with Crippen LogP contribution in [-0.4, -0.2) is 61.4 Å². The fourth-order valence-electron chi connectivity index (χ4n) is 3.26. The van der Waals surface area contributed by atoms with E-state index >= 15 is 0 Å². The molecule has 1 saturated heterocycles. The summed E-state index contributed by atoms with van der Waals surface area (Å²) >= 11 is 0. The zero-order valence-electron chi connectivity index (χ0n) is 16.5. The van der Waals surface area contributed by atoms with Crippen molar-refractivity contribution in [3.05, 3.63) is 24.3 Å². The number of methoxy groups -OCH3 is 1. The van der Waals surface area contributed by atoms with Crippen molar-refractivity contribution in [2.75, 3.05) is 39.1 Å². The molecule has 1 heterocycles. The van der Waals surface area contributed by atoms with E-state index < -0.39 is 0 Å². The molecular weight excluding hydrogens is 330 g/mol. The van der Waals surface area contributed by atoms with Crippen LogP contribution >= 0.6 is 0 Å². The zero-order chi connectivity index (χ0) is 19.3. The minimum absolute atomic E-state index is 0.0411. The fourth-order valence-corrected chi connectivity index (χ4v) is 3.26. The molecule has 1 fully saturated rings.